The molecule has 0 saturated carbocycles. The van der Waals surface area contributed by atoms with Gasteiger partial charge in [-0.2, -0.15) is 0 Å². The Morgan fingerprint density at radius 2 is 1.86 bits per heavy atom. The van der Waals surface area contributed by atoms with E-state index in [1.807, 2.05) is 19.9 Å². The van der Waals surface area contributed by atoms with Gasteiger partial charge < -0.3 is 10.1 Å². The number of sulfonamides is 1. The van der Waals surface area contributed by atoms with Crippen LogP contribution in [0.1, 0.15) is 17.5 Å². The molecule has 0 bridgehead atoms. The number of thioether (sulfide) groups is 1. The van der Waals surface area contributed by atoms with Gasteiger partial charge in [-0.25, -0.2) is 8.42 Å². The van der Waals surface area contributed by atoms with Crippen molar-refractivity contribution in [1.82, 2.24) is 5.32 Å². The standard InChI is InChI=1S/C21H26N2O4S2/c1-15-4-7-17(8-5-15)28-13-11-22-21(24)20-10-12-23(29(3,25)26)18-14-16(2)6-9-19(18)27-20/h4-9,14,20H,10-13H2,1-3H3,(H,22,24)/t20-/m1/s1. The molecule has 0 aliphatic carbocycles. The number of nitrogens with one attached hydrogen (secondary N) is 1. The molecule has 1 aliphatic heterocycles. The van der Waals surface area contributed by atoms with Crippen molar-refractivity contribution in [2.75, 3.05) is 29.4 Å². The first-order valence-corrected chi connectivity index (χ1v) is 12.3. The predicted octanol–water partition coefficient (Wildman–Crippen LogP) is 3.13. The van der Waals surface area contributed by atoms with Crippen molar-refractivity contribution in [1.29, 1.82) is 0 Å². The number of hydrogen-bond donors (Lipinski definition) is 1. The van der Waals surface area contributed by atoms with Gasteiger partial charge in [0.25, 0.3) is 5.91 Å². The highest BCUT2D eigenvalue weighted by Crippen LogP contribution is 2.35. The van der Waals surface area contributed by atoms with E-state index in [9.17, 15) is 13.2 Å². The average molecular weight is 435 g/mol. The van der Waals surface area contributed by atoms with Gasteiger partial charge in [-0.3, -0.25) is 9.10 Å². The smallest absolute Gasteiger partial charge is 0.261 e. The minimum atomic E-state index is -3.46. The molecule has 29 heavy (non-hydrogen) atoms. The van der Waals surface area contributed by atoms with E-state index in [1.54, 1.807) is 23.9 Å². The molecule has 0 radical (unpaired) electrons. The molecule has 0 saturated heterocycles. The van der Waals surface area contributed by atoms with Gasteiger partial charge in [0, 0.05) is 30.2 Å². The van der Waals surface area contributed by atoms with Gasteiger partial charge in [-0.15, -0.1) is 11.8 Å². The summed E-state index contributed by atoms with van der Waals surface area (Å²) in [5.74, 6) is 0.927. The summed E-state index contributed by atoms with van der Waals surface area (Å²) in [4.78, 5) is 13.8. The molecular formula is C21H26N2O4S2. The summed E-state index contributed by atoms with van der Waals surface area (Å²) in [7, 11) is -3.46. The van der Waals surface area contributed by atoms with Crippen LogP contribution in [-0.2, 0) is 14.8 Å². The van der Waals surface area contributed by atoms with Crippen LogP contribution in [-0.4, -0.2) is 45.5 Å². The zero-order valence-electron chi connectivity index (χ0n) is 16.8. The third-order valence-corrected chi connectivity index (χ3v) is 6.82. The van der Waals surface area contributed by atoms with Crippen LogP contribution in [0, 0.1) is 13.8 Å². The molecule has 1 amide bonds. The Labute approximate surface area is 176 Å². The number of amides is 1. The molecule has 0 fully saturated rings. The number of carbonyl (C=O) groups is 1. The zero-order valence-corrected chi connectivity index (χ0v) is 18.5. The summed E-state index contributed by atoms with van der Waals surface area (Å²) in [5.41, 5.74) is 2.63. The van der Waals surface area contributed by atoms with Crippen LogP contribution in [0.5, 0.6) is 5.75 Å². The van der Waals surface area contributed by atoms with Crippen molar-refractivity contribution in [3.8, 4) is 5.75 Å². The Balaban J connectivity index is 1.61. The van der Waals surface area contributed by atoms with Crippen LogP contribution in [0.2, 0.25) is 0 Å². The van der Waals surface area contributed by atoms with Gasteiger partial charge in [0.1, 0.15) is 5.75 Å². The van der Waals surface area contributed by atoms with Gasteiger partial charge in [0.05, 0.1) is 11.9 Å². The van der Waals surface area contributed by atoms with Gasteiger partial charge in [-0.1, -0.05) is 23.8 Å². The third kappa shape index (κ3) is 5.67. The highest BCUT2D eigenvalue weighted by atomic mass is 32.2. The van der Waals surface area contributed by atoms with E-state index in [0.29, 0.717) is 18.0 Å². The highest BCUT2D eigenvalue weighted by Gasteiger charge is 2.31. The van der Waals surface area contributed by atoms with E-state index < -0.39 is 16.1 Å². The van der Waals surface area contributed by atoms with Crippen LogP contribution >= 0.6 is 11.8 Å². The maximum absolute atomic E-state index is 12.6. The van der Waals surface area contributed by atoms with Crippen LogP contribution in [0.4, 0.5) is 5.69 Å². The number of anilines is 1. The molecule has 2 aromatic rings. The monoisotopic (exact) mass is 434 g/mol. The van der Waals surface area contributed by atoms with Crippen LogP contribution in [0.25, 0.3) is 0 Å². The fraction of sp³-hybridized carbons (Fsp3) is 0.381. The molecule has 2 aromatic carbocycles. The van der Waals surface area contributed by atoms with E-state index in [0.717, 1.165) is 16.2 Å². The maximum atomic E-state index is 12.6. The Bertz CT molecular complexity index is 975. The molecule has 156 valence electrons. The largest absolute Gasteiger partial charge is 0.478 e. The Hall–Kier alpha value is -2.19. The van der Waals surface area contributed by atoms with Gasteiger partial charge in [-0.05, 0) is 43.7 Å². The molecule has 3 rings (SSSR count). The quantitative estimate of drug-likeness (QED) is 0.558. The SMILES string of the molecule is Cc1ccc(SCCNC(=O)[C@H]2CCN(S(C)(=O)=O)c3cc(C)ccc3O2)cc1. The number of ether oxygens (including phenoxy) is 1. The van der Waals surface area contributed by atoms with Gasteiger partial charge in [0.2, 0.25) is 10.0 Å². The van der Waals surface area contributed by atoms with Crippen molar-refractivity contribution in [3.05, 3.63) is 53.6 Å². The maximum Gasteiger partial charge on any atom is 0.261 e. The summed E-state index contributed by atoms with van der Waals surface area (Å²) >= 11 is 1.67. The van der Waals surface area contributed by atoms with Crippen molar-refractivity contribution in [2.24, 2.45) is 0 Å². The van der Waals surface area contributed by atoms with Gasteiger partial charge in [0.15, 0.2) is 6.10 Å². The molecular weight excluding hydrogens is 408 g/mol. The fourth-order valence-corrected chi connectivity index (χ4v) is 4.82. The summed E-state index contributed by atoms with van der Waals surface area (Å²) in [6.07, 6.45) is 0.729. The minimum Gasteiger partial charge on any atom is -0.478 e. The van der Waals surface area contributed by atoms with E-state index in [-0.39, 0.29) is 18.9 Å². The highest BCUT2D eigenvalue weighted by molar-refractivity contribution is 7.99. The van der Waals surface area contributed by atoms with Crippen molar-refractivity contribution < 1.29 is 17.9 Å². The normalized spacial score (nSPS) is 16.5. The van der Waals surface area contributed by atoms with E-state index in [1.165, 1.54) is 16.1 Å². The van der Waals surface area contributed by atoms with E-state index >= 15 is 0 Å². The number of fused-ring (bicyclic) bond motifs is 1. The zero-order chi connectivity index (χ0) is 21.0. The van der Waals surface area contributed by atoms with E-state index in [2.05, 4.69) is 29.6 Å². The lowest BCUT2D eigenvalue weighted by molar-refractivity contribution is -0.127. The molecule has 0 spiro atoms. The second-order valence-corrected chi connectivity index (χ2v) is 10.2. The first kappa shape index (κ1) is 21.5. The summed E-state index contributed by atoms with van der Waals surface area (Å²) in [5, 5.41) is 2.90. The number of aryl methyl sites for hydroxylation is 2. The Morgan fingerprint density at radius 3 is 2.55 bits per heavy atom. The first-order chi connectivity index (χ1) is 13.7. The van der Waals surface area contributed by atoms with Gasteiger partial charge >= 0.3 is 0 Å². The lowest BCUT2D eigenvalue weighted by atomic mass is 10.2. The molecule has 1 atom stereocenters. The summed E-state index contributed by atoms with van der Waals surface area (Å²) in [6.45, 7) is 4.65. The number of carbonyl (C=O) groups excluding carboxylic acids is 1. The summed E-state index contributed by atoms with van der Waals surface area (Å²) in [6, 6.07) is 13.6. The first-order valence-electron chi connectivity index (χ1n) is 9.46. The second-order valence-electron chi connectivity index (χ2n) is 7.15. The van der Waals surface area contributed by atoms with Crippen molar-refractivity contribution in [3.63, 3.8) is 0 Å². The number of hydrogen-bond acceptors (Lipinski definition) is 5. The lowest BCUT2D eigenvalue weighted by Crippen LogP contribution is -2.40. The topological polar surface area (TPSA) is 75.7 Å². The molecule has 6 nitrogen and oxygen atoms in total. The number of benzene rings is 2. The molecule has 0 unspecified atom stereocenters. The van der Waals surface area contributed by atoms with Crippen molar-refractivity contribution >= 4 is 33.4 Å². The average Bonchev–Trinajstić information content (AvgIpc) is 2.85. The number of rotatable bonds is 6. The Morgan fingerprint density at radius 1 is 1.17 bits per heavy atom. The predicted molar refractivity (Wildman–Crippen MR) is 117 cm³/mol. The lowest BCUT2D eigenvalue weighted by Gasteiger charge is -2.21. The molecule has 1 heterocycles. The van der Waals surface area contributed by atoms with Crippen molar-refractivity contribution in [2.45, 2.75) is 31.3 Å². The van der Waals surface area contributed by atoms with Crippen LogP contribution < -0.4 is 14.4 Å². The number of nitrogens with zero attached hydrogens (tertiary/aromatic N) is 1. The van der Waals surface area contributed by atoms with Crippen LogP contribution in [0.15, 0.2) is 47.4 Å². The second kappa shape index (κ2) is 9.09. The van der Waals surface area contributed by atoms with E-state index in [4.69, 9.17) is 4.74 Å². The Kier molecular flexibility index (Phi) is 6.74. The fourth-order valence-electron chi connectivity index (χ4n) is 3.11. The molecule has 1 aliphatic rings. The third-order valence-electron chi connectivity index (χ3n) is 4.63. The molecule has 1 N–H and O–H groups in total. The summed E-state index contributed by atoms with van der Waals surface area (Å²) < 4.78 is 31.7. The molecule has 0 aromatic heterocycles. The van der Waals surface area contributed by atoms with Crippen LogP contribution in [0.3, 0.4) is 0 Å². The minimum absolute atomic E-state index is 0.200. The molecule has 8 heteroatoms.